The highest BCUT2D eigenvalue weighted by atomic mass is 16.5. The molecular weight excluding hydrogens is 280 g/mol. The molecule has 1 aliphatic carbocycles. The summed E-state index contributed by atoms with van der Waals surface area (Å²) in [5, 5.41) is 10.4. The van der Waals surface area contributed by atoms with Crippen LogP contribution < -0.4 is 0 Å². The van der Waals surface area contributed by atoms with Crippen molar-refractivity contribution in [1.82, 2.24) is 9.55 Å². The van der Waals surface area contributed by atoms with E-state index in [1.807, 2.05) is 28.8 Å². The van der Waals surface area contributed by atoms with Crippen molar-refractivity contribution in [2.75, 3.05) is 7.11 Å². The zero-order valence-electron chi connectivity index (χ0n) is 13.0. The lowest BCUT2D eigenvalue weighted by Crippen LogP contribution is -2.36. The van der Waals surface area contributed by atoms with Crippen molar-refractivity contribution < 1.29 is 14.6 Å². The Morgan fingerprint density at radius 3 is 2.73 bits per heavy atom. The second kappa shape index (κ2) is 5.25. The molecule has 1 aromatic carbocycles. The molecule has 0 saturated carbocycles. The molecule has 1 heterocycles. The van der Waals surface area contributed by atoms with Crippen molar-refractivity contribution in [3.63, 3.8) is 0 Å². The van der Waals surface area contributed by atoms with Crippen molar-refractivity contribution in [2.24, 2.45) is 5.41 Å². The number of fused-ring (bicyclic) bond motifs is 1. The predicted molar refractivity (Wildman–Crippen MR) is 81.5 cm³/mol. The summed E-state index contributed by atoms with van der Waals surface area (Å²) < 4.78 is 6.71. The molecule has 0 aliphatic heterocycles. The van der Waals surface area contributed by atoms with Crippen molar-refractivity contribution in [2.45, 2.75) is 32.4 Å². The van der Waals surface area contributed by atoms with E-state index in [4.69, 9.17) is 4.74 Å². The van der Waals surface area contributed by atoms with E-state index in [0.717, 1.165) is 11.1 Å². The Kier molecular flexibility index (Phi) is 3.53. The van der Waals surface area contributed by atoms with Crippen LogP contribution in [0.25, 0.3) is 0 Å². The third-order valence-electron chi connectivity index (χ3n) is 4.45. The molecule has 0 amide bonds. The first-order valence-electron chi connectivity index (χ1n) is 7.32. The molecule has 2 atom stereocenters. The highest BCUT2D eigenvalue weighted by Crippen LogP contribution is 2.50. The number of benzene rings is 1. The predicted octanol–water partition coefficient (Wildman–Crippen LogP) is 2.72. The first-order chi connectivity index (χ1) is 10.5. The topological polar surface area (TPSA) is 64.3 Å². The van der Waals surface area contributed by atoms with Gasteiger partial charge in [-0.3, -0.25) is 0 Å². The van der Waals surface area contributed by atoms with Gasteiger partial charge in [-0.15, -0.1) is 0 Å². The third kappa shape index (κ3) is 2.22. The maximum absolute atomic E-state index is 12.0. The van der Waals surface area contributed by atoms with Crippen molar-refractivity contribution >= 4 is 5.97 Å². The Bertz CT molecular complexity index is 705. The van der Waals surface area contributed by atoms with Gasteiger partial charge in [0.2, 0.25) is 0 Å². The molecule has 116 valence electrons. The molecule has 0 bridgehead atoms. The highest BCUT2D eigenvalue weighted by molar-refractivity contribution is 5.87. The fraction of sp³-hybridized carbons (Fsp3) is 0.412. The summed E-state index contributed by atoms with van der Waals surface area (Å²) in [6.45, 7) is 4.19. The van der Waals surface area contributed by atoms with E-state index >= 15 is 0 Å². The molecular formula is C17H20N2O3. The zero-order chi connectivity index (χ0) is 15.9. The lowest BCUT2D eigenvalue weighted by molar-refractivity contribution is 0.0554. The molecule has 3 rings (SSSR count). The van der Waals surface area contributed by atoms with Crippen LogP contribution in [-0.4, -0.2) is 27.7 Å². The quantitative estimate of drug-likeness (QED) is 0.866. The van der Waals surface area contributed by atoms with E-state index in [1.54, 1.807) is 6.33 Å². The van der Waals surface area contributed by atoms with Crippen LogP contribution in [0.1, 0.15) is 54.0 Å². The zero-order valence-corrected chi connectivity index (χ0v) is 13.0. The first-order valence-corrected chi connectivity index (χ1v) is 7.32. The smallest absolute Gasteiger partial charge is 0.356 e. The van der Waals surface area contributed by atoms with Gasteiger partial charge >= 0.3 is 5.97 Å². The van der Waals surface area contributed by atoms with Crippen LogP contribution in [-0.2, 0) is 4.74 Å². The number of methoxy groups -OCH3 is 1. The van der Waals surface area contributed by atoms with Crippen molar-refractivity contribution in [1.29, 1.82) is 0 Å². The van der Waals surface area contributed by atoms with Gasteiger partial charge in [-0.05, 0) is 23.0 Å². The first kappa shape index (κ1) is 14.8. The van der Waals surface area contributed by atoms with E-state index in [2.05, 4.69) is 18.8 Å². The van der Waals surface area contributed by atoms with Gasteiger partial charge in [0.15, 0.2) is 0 Å². The largest absolute Gasteiger partial charge is 0.464 e. The molecule has 1 aromatic heterocycles. The lowest BCUT2D eigenvalue weighted by atomic mass is 9.69. The number of hydrogen-bond acceptors (Lipinski definition) is 4. The summed E-state index contributed by atoms with van der Waals surface area (Å²) in [6.07, 6.45) is 3.31. The second-order valence-electron chi connectivity index (χ2n) is 6.42. The number of aromatic nitrogens is 2. The number of rotatable bonds is 2. The van der Waals surface area contributed by atoms with Crippen LogP contribution >= 0.6 is 0 Å². The molecule has 0 radical (unpaired) electrons. The fourth-order valence-corrected chi connectivity index (χ4v) is 3.50. The minimum absolute atomic E-state index is 0.0799. The summed E-state index contributed by atoms with van der Waals surface area (Å²) >= 11 is 0. The maximum Gasteiger partial charge on any atom is 0.356 e. The van der Waals surface area contributed by atoms with E-state index in [1.165, 1.54) is 13.3 Å². The number of carbonyl (C=O) groups excluding carboxylic acids is 1. The summed E-state index contributed by atoms with van der Waals surface area (Å²) in [4.78, 5) is 16.1. The summed E-state index contributed by atoms with van der Waals surface area (Å²) in [5.74, 6) is -0.406. The number of aliphatic hydroxyl groups excluding tert-OH is 1. The minimum Gasteiger partial charge on any atom is -0.464 e. The number of aliphatic hydroxyl groups is 1. The Hall–Kier alpha value is -2.14. The van der Waals surface area contributed by atoms with E-state index in [-0.39, 0.29) is 11.5 Å². The van der Waals surface area contributed by atoms with E-state index in [0.29, 0.717) is 12.1 Å². The van der Waals surface area contributed by atoms with Gasteiger partial charge in [-0.25, -0.2) is 9.78 Å². The number of nitrogens with zero attached hydrogens (tertiary/aromatic N) is 2. The van der Waals surface area contributed by atoms with Gasteiger partial charge in [0.25, 0.3) is 0 Å². The monoisotopic (exact) mass is 300 g/mol. The molecule has 0 saturated heterocycles. The standard InChI is InChI=1S/C17H20N2O3/c1-17(2)8-14(20)11-6-4-5-7-12(11)15(17)19-10-18-9-13(19)16(21)22-3/h4-7,9-10,14-15,20H,8H2,1-3H3. The van der Waals surface area contributed by atoms with Gasteiger partial charge in [-0.1, -0.05) is 38.1 Å². The second-order valence-corrected chi connectivity index (χ2v) is 6.42. The van der Waals surface area contributed by atoms with E-state index < -0.39 is 12.1 Å². The van der Waals surface area contributed by atoms with Gasteiger partial charge in [0, 0.05) is 0 Å². The van der Waals surface area contributed by atoms with Gasteiger partial charge < -0.3 is 14.4 Å². The molecule has 0 fully saturated rings. The van der Waals surface area contributed by atoms with Crippen LogP contribution in [0.15, 0.2) is 36.8 Å². The number of imidazole rings is 1. The Morgan fingerprint density at radius 2 is 2.05 bits per heavy atom. The normalized spacial score (nSPS) is 22.9. The molecule has 22 heavy (non-hydrogen) atoms. The Morgan fingerprint density at radius 1 is 1.36 bits per heavy atom. The Balaban J connectivity index is 2.19. The van der Waals surface area contributed by atoms with E-state index in [9.17, 15) is 9.90 Å². The van der Waals surface area contributed by atoms with Crippen molar-refractivity contribution in [3.05, 3.63) is 53.6 Å². The molecule has 5 nitrogen and oxygen atoms in total. The number of esters is 1. The average Bonchev–Trinajstić information content (AvgIpc) is 2.94. The van der Waals surface area contributed by atoms with Crippen LogP contribution in [0.3, 0.4) is 0 Å². The Labute approximate surface area is 129 Å². The average molecular weight is 300 g/mol. The van der Waals surface area contributed by atoms with Crippen LogP contribution in [0.4, 0.5) is 0 Å². The molecule has 1 N–H and O–H groups in total. The van der Waals surface area contributed by atoms with Gasteiger partial charge in [0.1, 0.15) is 5.69 Å². The molecule has 5 heteroatoms. The van der Waals surface area contributed by atoms with Crippen LogP contribution in [0, 0.1) is 5.41 Å². The van der Waals surface area contributed by atoms with Crippen LogP contribution in [0.2, 0.25) is 0 Å². The number of hydrogen-bond donors (Lipinski definition) is 1. The molecule has 1 aliphatic rings. The minimum atomic E-state index is -0.493. The van der Waals surface area contributed by atoms with Crippen molar-refractivity contribution in [3.8, 4) is 0 Å². The number of carbonyl (C=O) groups is 1. The maximum atomic E-state index is 12.0. The summed E-state index contributed by atoms with van der Waals surface area (Å²) in [6, 6.07) is 7.74. The molecule has 2 aromatic rings. The summed E-state index contributed by atoms with van der Waals surface area (Å²) in [5.41, 5.74) is 2.13. The molecule has 0 spiro atoms. The highest BCUT2D eigenvalue weighted by Gasteiger charge is 2.42. The fourth-order valence-electron chi connectivity index (χ4n) is 3.50. The summed E-state index contributed by atoms with van der Waals surface area (Å²) in [7, 11) is 1.36. The van der Waals surface area contributed by atoms with Gasteiger partial charge in [-0.2, -0.15) is 0 Å². The number of ether oxygens (including phenoxy) is 1. The SMILES string of the molecule is COC(=O)c1cncn1C1c2ccccc2C(O)CC1(C)C. The van der Waals surface area contributed by atoms with Gasteiger partial charge in [0.05, 0.1) is 31.8 Å². The third-order valence-corrected chi connectivity index (χ3v) is 4.45. The molecule has 2 unspecified atom stereocenters. The van der Waals surface area contributed by atoms with Crippen LogP contribution in [0.5, 0.6) is 0 Å². The lowest BCUT2D eigenvalue weighted by Gasteiger charge is -2.43.